The van der Waals surface area contributed by atoms with Gasteiger partial charge >= 0.3 is 17.9 Å². The number of ether oxygens (including phenoxy) is 3. The number of carbonyl (C=O) groups is 3. The van der Waals surface area contributed by atoms with Gasteiger partial charge in [0.25, 0.3) is 0 Å². The maximum Gasteiger partial charge on any atom is 0.306 e. The molecule has 1 atom stereocenters. The summed E-state index contributed by atoms with van der Waals surface area (Å²) in [5, 5.41) is 0. The zero-order valence-corrected chi connectivity index (χ0v) is 52.3. The van der Waals surface area contributed by atoms with E-state index in [2.05, 4.69) is 142 Å². The first-order valence-electron chi connectivity index (χ1n) is 33.5. The summed E-state index contributed by atoms with van der Waals surface area (Å²) in [4.78, 5) is 38.2. The molecule has 0 radical (unpaired) electrons. The van der Waals surface area contributed by atoms with Gasteiger partial charge in [0.2, 0.25) is 0 Å². The lowest BCUT2D eigenvalue weighted by molar-refractivity contribution is -0.167. The Morgan fingerprint density at radius 1 is 0.263 bits per heavy atom. The summed E-state index contributed by atoms with van der Waals surface area (Å²) in [5.74, 6) is -0.897. The fraction of sp³-hybridized carbons (Fsp3) is 0.689. The van der Waals surface area contributed by atoms with Crippen LogP contribution in [0.1, 0.15) is 310 Å². The molecule has 0 amide bonds. The zero-order valence-electron chi connectivity index (χ0n) is 52.3. The minimum atomic E-state index is -0.786. The van der Waals surface area contributed by atoms with E-state index in [-0.39, 0.29) is 31.1 Å². The average molecular weight is 1110 g/mol. The molecule has 0 aliphatic heterocycles. The largest absolute Gasteiger partial charge is 0.462 e. The highest BCUT2D eigenvalue weighted by Gasteiger charge is 2.19. The highest BCUT2D eigenvalue weighted by atomic mass is 16.6. The molecule has 0 aliphatic rings. The van der Waals surface area contributed by atoms with Crippen molar-refractivity contribution in [2.24, 2.45) is 0 Å². The van der Waals surface area contributed by atoms with E-state index in [1.165, 1.54) is 141 Å². The van der Waals surface area contributed by atoms with Gasteiger partial charge in [-0.2, -0.15) is 0 Å². The van der Waals surface area contributed by atoms with Crippen LogP contribution in [0.25, 0.3) is 0 Å². The fourth-order valence-electron chi connectivity index (χ4n) is 9.20. The van der Waals surface area contributed by atoms with Gasteiger partial charge in [-0.3, -0.25) is 14.4 Å². The topological polar surface area (TPSA) is 78.9 Å². The van der Waals surface area contributed by atoms with Crippen LogP contribution in [-0.4, -0.2) is 37.2 Å². The number of hydrogen-bond donors (Lipinski definition) is 0. The van der Waals surface area contributed by atoms with Crippen molar-refractivity contribution in [1.82, 2.24) is 0 Å². The molecule has 0 spiro atoms. The molecule has 0 N–H and O–H groups in total. The molecule has 0 aliphatic carbocycles. The minimum absolute atomic E-state index is 0.0834. The van der Waals surface area contributed by atoms with E-state index in [1.807, 2.05) is 0 Å². The van der Waals surface area contributed by atoms with E-state index in [9.17, 15) is 14.4 Å². The number of rotatable bonds is 60. The number of carbonyl (C=O) groups excluding carboxylic acids is 3. The van der Waals surface area contributed by atoms with E-state index in [0.29, 0.717) is 19.3 Å². The molecule has 6 nitrogen and oxygen atoms in total. The van der Waals surface area contributed by atoms with Crippen LogP contribution in [0.15, 0.2) is 122 Å². The Morgan fingerprint density at radius 3 is 0.762 bits per heavy atom. The third kappa shape index (κ3) is 64.6. The Kier molecular flexibility index (Phi) is 63.8. The molecule has 0 aromatic heterocycles. The Morgan fingerprint density at radius 2 is 0.487 bits per heavy atom. The first-order valence-corrected chi connectivity index (χ1v) is 33.5. The van der Waals surface area contributed by atoms with Crippen LogP contribution in [0.5, 0.6) is 0 Å². The standard InChI is InChI=1S/C74H124O6/c1-4-7-10-13-16-19-21-23-25-27-29-31-32-33-34-35-36-37-38-39-40-41-42-44-45-47-49-51-53-55-58-61-64-67-73(76)79-70-71(69-78-72(75)66-63-60-57-18-15-12-9-6-3)80-74(77)68-65-62-59-56-54-52-50-48-46-43-30-28-26-24-22-20-17-14-11-8-5-2/h7,10,16,19,22-25,28-31,33-34,36-37,39-40,46,48,71H,4-6,8-9,11-15,17-18,20-21,26-27,32,35,38,41-45,47,49-70H2,1-3H3/b10-7-,19-16-,24-22-,25-23-,30-28-,31-29-,34-33-,37-36-,40-39-,48-46-. The van der Waals surface area contributed by atoms with Crippen molar-refractivity contribution in [3.05, 3.63) is 122 Å². The molecule has 0 aromatic rings. The van der Waals surface area contributed by atoms with Crippen LogP contribution >= 0.6 is 0 Å². The third-order valence-electron chi connectivity index (χ3n) is 14.2. The van der Waals surface area contributed by atoms with Gasteiger partial charge in [0.15, 0.2) is 6.10 Å². The quantitative estimate of drug-likeness (QED) is 0.0261. The predicted octanol–water partition coefficient (Wildman–Crippen LogP) is 23.2. The fourth-order valence-corrected chi connectivity index (χ4v) is 9.20. The molecule has 0 heterocycles. The number of allylic oxidation sites excluding steroid dienone is 20. The lowest BCUT2D eigenvalue weighted by Gasteiger charge is -2.18. The van der Waals surface area contributed by atoms with Gasteiger partial charge < -0.3 is 14.2 Å². The SMILES string of the molecule is CC/C=C\C/C=C\C/C=C\C/C=C\C/C=C\C/C=C\C/C=C\CCCCCCCCCCCCCC(=O)OCC(COC(=O)CCCCCCCCCC)OC(=O)CCCCCCCC/C=C\C/C=C\C/C=C\CCCCCCC. The van der Waals surface area contributed by atoms with Crippen molar-refractivity contribution in [1.29, 1.82) is 0 Å². The summed E-state index contributed by atoms with van der Waals surface area (Å²) in [5.41, 5.74) is 0. The molecule has 0 rings (SSSR count). The van der Waals surface area contributed by atoms with Gasteiger partial charge in [0.05, 0.1) is 0 Å². The van der Waals surface area contributed by atoms with Gasteiger partial charge in [-0.05, 0) is 116 Å². The van der Waals surface area contributed by atoms with E-state index >= 15 is 0 Å². The first-order chi connectivity index (χ1) is 39.5. The van der Waals surface area contributed by atoms with Crippen LogP contribution in [0.2, 0.25) is 0 Å². The summed E-state index contributed by atoms with van der Waals surface area (Å²) in [6.45, 7) is 6.49. The van der Waals surface area contributed by atoms with Crippen LogP contribution in [0.3, 0.4) is 0 Å². The number of unbranched alkanes of at least 4 members (excludes halogenated alkanes) is 29. The van der Waals surface area contributed by atoms with Crippen molar-refractivity contribution in [2.75, 3.05) is 13.2 Å². The Bertz CT molecular complexity index is 1650. The first kappa shape index (κ1) is 75.8. The second kappa shape index (κ2) is 67.3. The van der Waals surface area contributed by atoms with Crippen LogP contribution in [0, 0.1) is 0 Å². The van der Waals surface area contributed by atoms with Gasteiger partial charge in [0.1, 0.15) is 13.2 Å². The average Bonchev–Trinajstić information content (AvgIpc) is 3.46. The molecular formula is C74H124O6. The van der Waals surface area contributed by atoms with E-state index < -0.39 is 6.10 Å². The summed E-state index contributed by atoms with van der Waals surface area (Å²) < 4.78 is 16.9. The molecule has 1 unspecified atom stereocenters. The molecule has 0 saturated heterocycles. The Balaban J connectivity index is 4.17. The van der Waals surface area contributed by atoms with Crippen molar-refractivity contribution < 1.29 is 28.6 Å². The van der Waals surface area contributed by atoms with Crippen LogP contribution in [-0.2, 0) is 28.6 Å². The Labute approximate surface area is 494 Å². The van der Waals surface area contributed by atoms with Crippen molar-refractivity contribution in [3.63, 3.8) is 0 Å². The highest BCUT2D eigenvalue weighted by molar-refractivity contribution is 5.71. The number of esters is 3. The monoisotopic (exact) mass is 1110 g/mol. The summed E-state index contributed by atoms with van der Waals surface area (Å²) in [6.07, 6.45) is 93.7. The van der Waals surface area contributed by atoms with Gasteiger partial charge in [0, 0.05) is 19.3 Å². The normalized spacial score (nSPS) is 12.9. The second-order valence-corrected chi connectivity index (χ2v) is 22.0. The van der Waals surface area contributed by atoms with E-state index in [1.54, 1.807) is 0 Å². The maximum atomic E-state index is 12.9. The molecule has 0 aromatic carbocycles. The lowest BCUT2D eigenvalue weighted by Crippen LogP contribution is -2.30. The minimum Gasteiger partial charge on any atom is -0.462 e. The molecule has 6 heteroatoms. The molecule has 0 bridgehead atoms. The zero-order chi connectivity index (χ0) is 57.8. The van der Waals surface area contributed by atoms with Gasteiger partial charge in [-0.15, -0.1) is 0 Å². The molecule has 0 fully saturated rings. The summed E-state index contributed by atoms with van der Waals surface area (Å²) >= 11 is 0. The number of hydrogen-bond acceptors (Lipinski definition) is 6. The highest BCUT2D eigenvalue weighted by Crippen LogP contribution is 2.16. The third-order valence-corrected chi connectivity index (χ3v) is 14.2. The lowest BCUT2D eigenvalue weighted by atomic mass is 10.0. The van der Waals surface area contributed by atoms with Gasteiger partial charge in [-0.1, -0.05) is 296 Å². The predicted molar refractivity (Wildman–Crippen MR) is 348 cm³/mol. The van der Waals surface area contributed by atoms with E-state index in [0.717, 1.165) is 128 Å². The van der Waals surface area contributed by atoms with Crippen LogP contribution < -0.4 is 0 Å². The second-order valence-electron chi connectivity index (χ2n) is 22.0. The molecule has 0 saturated carbocycles. The van der Waals surface area contributed by atoms with Gasteiger partial charge in [-0.25, -0.2) is 0 Å². The molecule has 80 heavy (non-hydrogen) atoms. The van der Waals surface area contributed by atoms with Crippen LogP contribution in [0.4, 0.5) is 0 Å². The maximum absolute atomic E-state index is 12.9. The van der Waals surface area contributed by atoms with Crippen molar-refractivity contribution in [2.45, 2.75) is 316 Å². The van der Waals surface area contributed by atoms with Crippen molar-refractivity contribution in [3.8, 4) is 0 Å². The summed E-state index contributed by atoms with van der Waals surface area (Å²) in [6, 6.07) is 0. The molecular weight excluding hydrogens is 985 g/mol. The van der Waals surface area contributed by atoms with E-state index in [4.69, 9.17) is 14.2 Å². The Hall–Kier alpha value is -4.19. The molecule has 456 valence electrons. The summed E-state index contributed by atoms with van der Waals surface area (Å²) in [7, 11) is 0. The smallest absolute Gasteiger partial charge is 0.306 e. The van der Waals surface area contributed by atoms with Crippen molar-refractivity contribution >= 4 is 17.9 Å².